The third-order valence-corrected chi connectivity index (χ3v) is 4.25. The van der Waals surface area contributed by atoms with Gasteiger partial charge in [-0.25, -0.2) is 0 Å². The Hall–Kier alpha value is -3.16. The number of carbonyl (C=O) groups is 1. The van der Waals surface area contributed by atoms with E-state index in [0.717, 1.165) is 23.8 Å². The van der Waals surface area contributed by atoms with Gasteiger partial charge in [-0.05, 0) is 29.8 Å². The Morgan fingerprint density at radius 2 is 1.92 bits per heavy atom. The van der Waals surface area contributed by atoms with Crippen LogP contribution in [0.2, 0.25) is 0 Å². The van der Waals surface area contributed by atoms with Crippen LogP contribution in [0.4, 0.5) is 5.82 Å². The fourth-order valence-corrected chi connectivity index (χ4v) is 2.89. The van der Waals surface area contributed by atoms with Crippen LogP contribution in [-0.4, -0.2) is 50.5 Å². The van der Waals surface area contributed by atoms with E-state index in [1.54, 1.807) is 16.6 Å². The zero-order valence-electron chi connectivity index (χ0n) is 13.6. The summed E-state index contributed by atoms with van der Waals surface area (Å²) in [5.41, 5.74) is 1.70. The van der Waals surface area contributed by atoms with Gasteiger partial charge >= 0.3 is 0 Å². The van der Waals surface area contributed by atoms with Gasteiger partial charge in [-0.15, -0.1) is 15.3 Å². The first-order chi connectivity index (χ1) is 12.2. The van der Waals surface area contributed by atoms with E-state index in [2.05, 4.69) is 25.5 Å². The molecule has 0 aliphatic carbocycles. The van der Waals surface area contributed by atoms with Crippen LogP contribution in [0.5, 0.6) is 5.75 Å². The lowest BCUT2D eigenvalue weighted by Crippen LogP contribution is -2.29. The van der Waals surface area contributed by atoms with Crippen LogP contribution in [0.1, 0.15) is 17.8 Å². The van der Waals surface area contributed by atoms with E-state index in [4.69, 9.17) is 0 Å². The summed E-state index contributed by atoms with van der Waals surface area (Å²) >= 11 is 0. The van der Waals surface area contributed by atoms with Gasteiger partial charge in [-0.1, -0.05) is 12.1 Å². The quantitative estimate of drug-likeness (QED) is 0.732. The molecule has 3 aromatic rings. The van der Waals surface area contributed by atoms with Gasteiger partial charge < -0.3 is 15.3 Å². The number of anilines is 1. The number of hydrogen-bond acceptors (Lipinski definition) is 6. The number of amides is 1. The van der Waals surface area contributed by atoms with Gasteiger partial charge in [0.25, 0.3) is 0 Å². The number of carbonyl (C=O) groups excluding carboxylic acids is 1. The van der Waals surface area contributed by atoms with E-state index >= 15 is 0 Å². The number of phenolic OH excluding ortho intramolecular Hbond substituents is 1. The third-order valence-electron chi connectivity index (χ3n) is 4.25. The van der Waals surface area contributed by atoms with Crippen molar-refractivity contribution < 1.29 is 9.90 Å². The SMILES string of the molecule is O=C1CCN(c2ccc3nnc(Cc4ccc(O)cc4)n3n2)CCN1. The molecule has 0 spiro atoms. The number of fused-ring (bicyclic) bond motifs is 1. The van der Waals surface area contributed by atoms with E-state index < -0.39 is 0 Å². The number of aromatic nitrogens is 4. The highest BCUT2D eigenvalue weighted by molar-refractivity contribution is 5.77. The summed E-state index contributed by atoms with van der Waals surface area (Å²) < 4.78 is 1.74. The molecule has 1 aromatic carbocycles. The zero-order valence-corrected chi connectivity index (χ0v) is 13.6. The average molecular weight is 338 g/mol. The number of aromatic hydroxyl groups is 1. The lowest BCUT2D eigenvalue weighted by Gasteiger charge is -2.20. The highest BCUT2D eigenvalue weighted by atomic mass is 16.3. The average Bonchev–Trinajstić information content (AvgIpc) is 2.88. The molecular formula is C17H18N6O2. The van der Waals surface area contributed by atoms with Gasteiger partial charge in [-0.2, -0.15) is 4.52 Å². The first-order valence-corrected chi connectivity index (χ1v) is 8.20. The van der Waals surface area contributed by atoms with Crippen molar-refractivity contribution in [3.05, 3.63) is 47.8 Å². The van der Waals surface area contributed by atoms with Crippen LogP contribution in [0.15, 0.2) is 36.4 Å². The minimum Gasteiger partial charge on any atom is -0.508 e. The van der Waals surface area contributed by atoms with Gasteiger partial charge in [0.2, 0.25) is 5.91 Å². The predicted molar refractivity (Wildman–Crippen MR) is 91.5 cm³/mol. The van der Waals surface area contributed by atoms with Crippen molar-refractivity contribution in [2.24, 2.45) is 0 Å². The molecule has 0 unspecified atom stereocenters. The molecule has 3 heterocycles. The Kier molecular flexibility index (Phi) is 3.93. The summed E-state index contributed by atoms with van der Waals surface area (Å²) in [5.74, 6) is 1.84. The van der Waals surface area contributed by atoms with Gasteiger partial charge in [-0.3, -0.25) is 4.79 Å². The first kappa shape index (κ1) is 15.4. The molecule has 8 nitrogen and oxygen atoms in total. The van der Waals surface area contributed by atoms with E-state index in [9.17, 15) is 9.90 Å². The summed E-state index contributed by atoms with van der Waals surface area (Å²) in [6.07, 6.45) is 1.03. The second kappa shape index (κ2) is 6.39. The molecule has 8 heteroatoms. The van der Waals surface area contributed by atoms with Crippen LogP contribution < -0.4 is 10.2 Å². The van der Waals surface area contributed by atoms with Crippen LogP contribution in [-0.2, 0) is 11.2 Å². The summed E-state index contributed by atoms with van der Waals surface area (Å²) in [6, 6.07) is 10.8. The van der Waals surface area contributed by atoms with E-state index in [0.29, 0.717) is 31.6 Å². The van der Waals surface area contributed by atoms with E-state index in [1.807, 2.05) is 24.3 Å². The van der Waals surface area contributed by atoms with Crippen molar-refractivity contribution in [1.82, 2.24) is 25.1 Å². The van der Waals surface area contributed by atoms with Crippen molar-refractivity contribution in [3.63, 3.8) is 0 Å². The van der Waals surface area contributed by atoms with Crippen molar-refractivity contribution in [2.75, 3.05) is 24.5 Å². The number of rotatable bonds is 3. The van der Waals surface area contributed by atoms with Crippen molar-refractivity contribution >= 4 is 17.4 Å². The maximum atomic E-state index is 11.5. The normalized spacial score (nSPS) is 15.2. The molecule has 2 aromatic heterocycles. The van der Waals surface area contributed by atoms with Gasteiger partial charge in [0.05, 0.1) is 0 Å². The molecule has 0 radical (unpaired) electrons. The lowest BCUT2D eigenvalue weighted by molar-refractivity contribution is -0.120. The molecule has 1 aliphatic heterocycles. The second-order valence-electron chi connectivity index (χ2n) is 6.01. The monoisotopic (exact) mass is 338 g/mol. The fraction of sp³-hybridized carbons (Fsp3) is 0.294. The highest BCUT2D eigenvalue weighted by Gasteiger charge is 2.16. The Bertz CT molecular complexity index is 905. The summed E-state index contributed by atoms with van der Waals surface area (Å²) in [6.45, 7) is 1.97. The minimum atomic E-state index is 0.0703. The Labute approximate surface area is 144 Å². The maximum absolute atomic E-state index is 11.5. The van der Waals surface area contributed by atoms with E-state index in [1.165, 1.54) is 0 Å². The van der Waals surface area contributed by atoms with Crippen molar-refractivity contribution in [1.29, 1.82) is 0 Å². The summed E-state index contributed by atoms with van der Waals surface area (Å²) in [5, 5.41) is 25.3. The largest absolute Gasteiger partial charge is 0.508 e. The number of nitrogens with one attached hydrogen (secondary N) is 1. The molecule has 1 saturated heterocycles. The number of nitrogens with zero attached hydrogens (tertiary/aromatic N) is 5. The topological polar surface area (TPSA) is 95.7 Å². The van der Waals surface area contributed by atoms with Gasteiger partial charge in [0.15, 0.2) is 11.5 Å². The molecule has 4 rings (SSSR count). The zero-order chi connectivity index (χ0) is 17.2. The minimum absolute atomic E-state index is 0.0703. The smallest absolute Gasteiger partial charge is 0.221 e. The Morgan fingerprint density at radius 3 is 2.76 bits per heavy atom. The van der Waals surface area contributed by atoms with Crippen LogP contribution in [0, 0.1) is 0 Å². The maximum Gasteiger partial charge on any atom is 0.221 e. The summed E-state index contributed by atoms with van der Waals surface area (Å²) in [4.78, 5) is 13.6. The molecule has 0 saturated carbocycles. The number of phenols is 1. The van der Waals surface area contributed by atoms with Crippen LogP contribution in [0.25, 0.3) is 5.65 Å². The molecule has 128 valence electrons. The molecule has 0 atom stereocenters. The molecule has 25 heavy (non-hydrogen) atoms. The molecule has 1 fully saturated rings. The van der Waals surface area contributed by atoms with Crippen LogP contribution >= 0.6 is 0 Å². The predicted octanol–water partition coefficient (Wildman–Crippen LogP) is 0.747. The molecular weight excluding hydrogens is 320 g/mol. The van der Waals surface area contributed by atoms with Gasteiger partial charge in [0.1, 0.15) is 11.6 Å². The first-order valence-electron chi connectivity index (χ1n) is 8.20. The van der Waals surface area contributed by atoms with Crippen LogP contribution in [0.3, 0.4) is 0 Å². The third kappa shape index (κ3) is 3.23. The van der Waals surface area contributed by atoms with Crippen molar-refractivity contribution in [2.45, 2.75) is 12.8 Å². The second-order valence-corrected chi connectivity index (χ2v) is 6.01. The van der Waals surface area contributed by atoms with E-state index in [-0.39, 0.29) is 11.7 Å². The summed E-state index contributed by atoms with van der Waals surface area (Å²) in [7, 11) is 0. The molecule has 2 N–H and O–H groups in total. The Morgan fingerprint density at radius 1 is 1.08 bits per heavy atom. The fourth-order valence-electron chi connectivity index (χ4n) is 2.89. The molecule has 1 aliphatic rings. The van der Waals surface area contributed by atoms with Crippen molar-refractivity contribution in [3.8, 4) is 5.75 Å². The van der Waals surface area contributed by atoms with Gasteiger partial charge in [0, 0.05) is 32.5 Å². The highest BCUT2D eigenvalue weighted by Crippen LogP contribution is 2.16. The molecule has 0 bridgehead atoms. The standard InChI is InChI=1S/C17H18N6O2/c24-13-3-1-12(2-4-13)11-16-20-19-14-5-6-15(21-23(14)16)22-9-7-17(25)18-8-10-22/h1-6,24H,7-11H2,(H,18,25). The Balaban J connectivity index is 1.63. The number of hydrogen-bond donors (Lipinski definition) is 2. The lowest BCUT2D eigenvalue weighted by atomic mass is 10.1. The number of benzene rings is 1. The molecule has 1 amide bonds.